The fourth-order valence-corrected chi connectivity index (χ4v) is 5.16. The van der Waals surface area contributed by atoms with Gasteiger partial charge in [0.25, 0.3) is 11.8 Å². The van der Waals surface area contributed by atoms with E-state index in [0.29, 0.717) is 11.3 Å². The van der Waals surface area contributed by atoms with E-state index >= 15 is 0 Å². The number of rotatable bonds is 9. The molecule has 3 heterocycles. The first-order chi connectivity index (χ1) is 17.0. The normalized spacial score (nSPS) is 19.9. The number of nitrogens with zero attached hydrogens (tertiary/aromatic N) is 3. The van der Waals surface area contributed by atoms with Gasteiger partial charge in [-0.05, 0) is 26.3 Å². The van der Waals surface area contributed by atoms with Gasteiger partial charge in [-0.15, -0.1) is 23.1 Å². The van der Waals surface area contributed by atoms with Gasteiger partial charge >= 0.3 is 11.9 Å². The van der Waals surface area contributed by atoms with Crippen LogP contribution in [0.5, 0.6) is 0 Å². The van der Waals surface area contributed by atoms with Crippen LogP contribution in [-0.4, -0.2) is 84.1 Å². The number of carbonyl (C=O) groups excluding carboxylic acids is 4. The first-order valence-electron chi connectivity index (χ1n) is 10.6. The van der Waals surface area contributed by atoms with Gasteiger partial charge in [-0.3, -0.25) is 19.3 Å². The zero-order valence-corrected chi connectivity index (χ0v) is 22.0. The van der Waals surface area contributed by atoms with Crippen LogP contribution in [0.4, 0.5) is 5.13 Å². The van der Waals surface area contributed by atoms with Crippen molar-refractivity contribution in [1.29, 1.82) is 0 Å². The number of aromatic nitrogens is 1. The second kappa shape index (κ2) is 11.3. The Hall–Kier alpha value is -3.17. The van der Waals surface area contributed by atoms with Crippen LogP contribution in [-0.2, 0) is 38.2 Å². The second-order valence-electron chi connectivity index (χ2n) is 8.67. The van der Waals surface area contributed by atoms with Crippen molar-refractivity contribution in [3.8, 4) is 0 Å². The van der Waals surface area contributed by atoms with Crippen LogP contribution in [0.25, 0.3) is 0 Å². The molecule has 0 radical (unpaired) electrons. The smallest absolute Gasteiger partial charge is 0.358 e. The quantitative estimate of drug-likeness (QED) is 0.146. The monoisotopic (exact) mass is 541 g/mol. The molecule has 1 aromatic rings. The molecule has 3 rings (SSSR count). The summed E-state index contributed by atoms with van der Waals surface area (Å²) >= 11 is 2.47. The fraction of sp³-hybridized carbons (Fsp3) is 0.524. The van der Waals surface area contributed by atoms with Crippen molar-refractivity contribution in [2.75, 3.05) is 39.1 Å². The fourth-order valence-electron chi connectivity index (χ4n) is 3.28. The van der Waals surface area contributed by atoms with Gasteiger partial charge < -0.3 is 30.1 Å². The van der Waals surface area contributed by atoms with E-state index in [0.717, 1.165) is 11.3 Å². The van der Waals surface area contributed by atoms with E-state index in [2.05, 4.69) is 15.5 Å². The summed E-state index contributed by atoms with van der Waals surface area (Å²) in [6, 6.07) is -0.939. The Labute approximate surface area is 215 Å². The van der Waals surface area contributed by atoms with Crippen LogP contribution in [0, 0.1) is 5.41 Å². The predicted molar refractivity (Wildman–Crippen MR) is 131 cm³/mol. The average molecular weight is 542 g/mol. The minimum Gasteiger partial charge on any atom is -0.427 e. The number of nitrogens with one attached hydrogen (secondary N) is 1. The number of oxime groups is 1. The number of methoxy groups -OCH3 is 1. The molecule has 0 spiro atoms. The van der Waals surface area contributed by atoms with E-state index in [-0.39, 0.29) is 28.8 Å². The third-order valence-electron chi connectivity index (χ3n) is 5.00. The number of ether oxygens (including phenoxy) is 3. The molecule has 2 amide bonds. The largest absolute Gasteiger partial charge is 0.427 e. The number of nitrogen functional groups attached to an aromatic ring is 1. The van der Waals surface area contributed by atoms with Gasteiger partial charge in [0.1, 0.15) is 29.9 Å². The number of carbonyl (C=O) groups is 4. The van der Waals surface area contributed by atoms with Crippen molar-refractivity contribution in [1.82, 2.24) is 15.2 Å². The van der Waals surface area contributed by atoms with E-state index in [1.54, 1.807) is 20.8 Å². The molecule has 0 bridgehead atoms. The molecule has 36 heavy (non-hydrogen) atoms. The van der Waals surface area contributed by atoms with Crippen molar-refractivity contribution < 1.29 is 38.2 Å². The van der Waals surface area contributed by atoms with Crippen molar-refractivity contribution >= 4 is 57.7 Å². The maximum atomic E-state index is 13.1. The number of anilines is 1. The number of nitrogens with two attached hydrogens (primary N) is 1. The van der Waals surface area contributed by atoms with Crippen LogP contribution in [0.3, 0.4) is 0 Å². The molecule has 0 aliphatic carbocycles. The van der Waals surface area contributed by atoms with E-state index in [4.69, 9.17) is 24.8 Å². The molecule has 2 atom stereocenters. The Kier molecular flexibility index (Phi) is 8.58. The zero-order chi connectivity index (χ0) is 26.6. The Morgan fingerprint density at radius 1 is 1.28 bits per heavy atom. The topological polar surface area (TPSA) is 172 Å². The molecule has 196 valence electrons. The lowest BCUT2D eigenvalue weighted by molar-refractivity contribution is -0.173. The maximum absolute atomic E-state index is 13.1. The Morgan fingerprint density at radius 2 is 2.00 bits per heavy atom. The van der Waals surface area contributed by atoms with Crippen LogP contribution in [0.2, 0.25) is 0 Å². The maximum Gasteiger partial charge on any atom is 0.358 e. The Bertz CT molecular complexity index is 1110. The first kappa shape index (κ1) is 27.4. The van der Waals surface area contributed by atoms with E-state index in [9.17, 15) is 19.2 Å². The van der Waals surface area contributed by atoms with Gasteiger partial charge in [0, 0.05) is 18.2 Å². The number of fused-ring (bicyclic) bond motifs is 1. The molecule has 0 aromatic carbocycles. The van der Waals surface area contributed by atoms with Crippen LogP contribution < -0.4 is 11.1 Å². The van der Waals surface area contributed by atoms with E-state index in [1.807, 2.05) is 0 Å². The van der Waals surface area contributed by atoms with Crippen molar-refractivity contribution in [3.63, 3.8) is 0 Å². The number of thiazole rings is 1. The highest BCUT2D eigenvalue weighted by atomic mass is 32.2. The summed E-state index contributed by atoms with van der Waals surface area (Å²) in [6.45, 7) is 4.48. The number of β-lactam (4-membered cyclic amide) rings is 1. The summed E-state index contributed by atoms with van der Waals surface area (Å²) < 4.78 is 15.3. The Morgan fingerprint density at radius 3 is 2.58 bits per heavy atom. The van der Waals surface area contributed by atoms with Gasteiger partial charge in [0.15, 0.2) is 10.8 Å². The first-order valence-corrected chi connectivity index (χ1v) is 12.6. The summed E-state index contributed by atoms with van der Waals surface area (Å²) in [7, 11) is 2.73. The van der Waals surface area contributed by atoms with Crippen LogP contribution in [0.1, 0.15) is 26.5 Å². The van der Waals surface area contributed by atoms with Crippen molar-refractivity contribution in [3.05, 3.63) is 22.3 Å². The molecular formula is C21H27N5O8S2. The third-order valence-corrected chi connectivity index (χ3v) is 7.01. The summed E-state index contributed by atoms with van der Waals surface area (Å²) in [5.74, 6) is -2.25. The molecule has 2 aliphatic rings. The third kappa shape index (κ3) is 5.79. The molecule has 1 fully saturated rings. The lowest BCUT2D eigenvalue weighted by Crippen LogP contribution is -2.71. The number of esters is 2. The van der Waals surface area contributed by atoms with Gasteiger partial charge in [0.05, 0.1) is 12.0 Å². The van der Waals surface area contributed by atoms with Crippen molar-refractivity contribution in [2.24, 2.45) is 10.6 Å². The molecule has 2 aliphatic heterocycles. The zero-order valence-electron chi connectivity index (χ0n) is 20.4. The van der Waals surface area contributed by atoms with Crippen LogP contribution in [0.15, 0.2) is 21.8 Å². The van der Waals surface area contributed by atoms with Crippen molar-refractivity contribution in [2.45, 2.75) is 32.2 Å². The molecule has 13 nitrogen and oxygen atoms in total. The minimum absolute atomic E-state index is 0.000892. The average Bonchev–Trinajstić information content (AvgIpc) is 3.25. The molecular weight excluding hydrogens is 514 g/mol. The van der Waals surface area contributed by atoms with Gasteiger partial charge in [-0.25, -0.2) is 9.78 Å². The molecule has 1 aromatic heterocycles. The number of amides is 2. The van der Waals surface area contributed by atoms with E-state index in [1.165, 1.54) is 36.3 Å². The highest BCUT2D eigenvalue weighted by molar-refractivity contribution is 8.00. The highest BCUT2D eigenvalue weighted by Crippen LogP contribution is 2.40. The molecule has 15 heteroatoms. The molecule has 0 saturated carbocycles. The molecule has 2 unspecified atom stereocenters. The SMILES string of the molecule is COCC1=C(C(=O)OCOC(=O)C(C)(C)C)N2C(=O)C(NC(=O)/C(=N/OC)c3csc(N)n3)C2SC1. The van der Waals surface area contributed by atoms with Gasteiger partial charge in [-0.2, -0.15) is 0 Å². The lowest BCUT2D eigenvalue weighted by Gasteiger charge is -2.49. The Balaban J connectivity index is 1.73. The molecule has 1 saturated heterocycles. The highest BCUT2D eigenvalue weighted by Gasteiger charge is 2.54. The number of thioether (sulfide) groups is 1. The predicted octanol–water partition coefficient (Wildman–Crippen LogP) is 0.466. The second-order valence-corrected chi connectivity index (χ2v) is 10.7. The summed E-state index contributed by atoms with van der Waals surface area (Å²) in [6.07, 6.45) is 0. The van der Waals surface area contributed by atoms with E-state index < -0.39 is 47.4 Å². The lowest BCUT2D eigenvalue weighted by atomic mass is 9.98. The van der Waals surface area contributed by atoms with Gasteiger partial charge in [-0.1, -0.05) is 5.16 Å². The van der Waals surface area contributed by atoms with Crippen LogP contribution >= 0.6 is 23.1 Å². The van der Waals surface area contributed by atoms with Gasteiger partial charge in [0.2, 0.25) is 6.79 Å². The summed E-state index contributed by atoms with van der Waals surface area (Å²) in [5, 5.41) is 7.54. The number of hydrogen-bond donors (Lipinski definition) is 2. The summed E-state index contributed by atoms with van der Waals surface area (Å²) in [4.78, 5) is 60.8. The summed E-state index contributed by atoms with van der Waals surface area (Å²) in [5.41, 5.74) is 5.46. The minimum atomic E-state index is -0.939. The standard InChI is InChI=1S/C21H27N5O8S2/c1-21(2,3)19(30)34-9-33-18(29)14-10(6-31-4)7-35-17-13(16(28)26(14)17)24-15(27)12(25-32-5)11-8-36-20(22)23-11/h8,13,17H,6-7,9H2,1-5H3,(H2,22,23)(H,24,27)/b25-12+. The molecule has 3 N–H and O–H groups in total. The number of hydrogen-bond acceptors (Lipinski definition) is 13.